The van der Waals surface area contributed by atoms with Gasteiger partial charge >= 0.3 is 0 Å². The van der Waals surface area contributed by atoms with Crippen molar-refractivity contribution in [2.45, 2.75) is 19.9 Å². The lowest BCUT2D eigenvalue weighted by Crippen LogP contribution is -2.20. The van der Waals surface area contributed by atoms with Crippen molar-refractivity contribution in [2.75, 3.05) is 13.7 Å². The van der Waals surface area contributed by atoms with Crippen molar-refractivity contribution in [3.8, 4) is 0 Å². The van der Waals surface area contributed by atoms with Gasteiger partial charge in [-0.2, -0.15) is 0 Å². The Bertz CT molecular complexity index is 834. The van der Waals surface area contributed by atoms with E-state index in [1.165, 1.54) is 0 Å². The maximum absolute atomic E-state index is 5.55. The third kappa shape index (κ3) is 2.36. The Balaban J connectivity index is 2.38. The van der Waals surface area contributed by atoms with Crippen molar-refractivity contribution in [1.82, 2.24) is 14.5 Å². The molecule has 110 valence electrons. The first-order chi connectivity index (χ1) is 10.1. The Labute approximate surface area is 128 Å². The quantitative estimate of drug-likeness (QED) is 0.738. The number of ether oxygens (including phenoxy) is 1. The topological polar surface area (TPSA) is 42.8 Å². The molecule has 0 spiro atoms. The van der Waals surface area contributed by atoms with Crippen LogP contribution in [0.4, 0.5) is 0 Å². The molecule has 3 rings (SSSR count). The maximum Gasteiger partial charge on any atom is 0.178 e. The van der Waals surface area contributed by atoms with Crippen LogP contribution in [-0.2, 0) is 4.74 Å². The van der Waals surface area contributed by atoms with Gasteiger partial charge in [-0.15, -0.1) is 0 Å². The van der Waals surface area contributed by atoms with Crippen LogP contribution in [0.25, 0.3) is 21.9 Å². The fourth-order valence-electron chi connectivity index (χ4n) is 2.81. The summed E-state index contributed by atoms with van der Waals surface area (Å²) in [6.07, 6.45) is 1.86. The first-order valence-electron chi connectivity index (χ1n) is 7.10. The summed E-state index contributed by atoms with van der Waals surface area (Å²) in [5.74, 6) is 0.419. The molecule has 3 aromatic rings. The van der Waals surface area contributed by atoms with Gasteiger partial charge in [-0.1, -0.05) is 32.0 Å². The predicted molar refractivity (Wildman–Crippen MR) is 88.2 cm³/mol. The highest BCUT2D eigenvalue weighted by atomic mass is 32.1. The third-order valence-electron chi connectivity index (χ3n) is 3.89. The van der Waals surface area contributed by atoms with Crippen LogP contribution in [-0.4, -0.2) is 28.3 Å². The molecule has 0 radical (unpaired) electrons. The summed E-state index contributed by atoms with van der Waals surface area (Å²) in [6.45, 7) is 5.01. The summed E-state index contributed by atoms with van der Waals surface area (Å²) in [6, 6.07) is 8.35. The molecule has 0 bridgehead atoms. The molecule has 0 saturated carbocycles. The minimum Gasteiger partial charge on any atom is -0.383 e. The molecular formula is C16H19N3OS. The highest BCUT2D eigenvalue weighted by molar-refractivity contribution is 7.71. The summed E-state index contributed by atoms with van der Waals surface area (Å²) in [5, 5.41) is 1.11. The van der Waals surface area contributed by atoms with E-state index in [4.69, 9.17) is 17.0 Å². The van der Waals surface area contributed by atoms with Crippen molar-refractivity contribution < 1.29 is 4.74 Å². The Hall–Kier alpha value is -1.72. The molecule has 4 nitrogen and oxygen atoms in total. The number of aromatic amines is 1. The first-order valence-corrected chi connectivity index (χ1v) is 7.51. The number of benzene rings is 1. The van der Waals surface area contributed by atoms with Gasteiger partial charge in [0, 0.05) is 12.5 Å². The molecule has 1 unspecified atom stereocenters. The monoisotopic (exact) mass is 301 g/mol. The first kappa shape index (κ1) is 14.2. The van der Waals surface area contributed by atoms with E-state index >= 15 is 0 Å². The van der Waals surface area contributed by atoms with Gasteiger partial charge in [0.15, 0.2) is 4.77 Å². The second-order valence-electron chi connectivity index (χ2n) is 5.60. The number of methoxy groups -OCH3 is 1. The number of para-hydroxylation sites is 1. The molecule has 21 heavy (non-hydrogen) atoms. The van der Waals surface area contributed by atoms with Gasteiger partial charge in [0.05, 0.1) is 35.4 Å². The smallest absolute Gasteiger partial charge is 0.178 e. The lowest BCUT2D eigenvalue weighted by atomic mass is 10.0. The Morgan fingerprint density at radius 2 is 2.10 bits per heavy atom. The summed E-state index contributed by atoms with van der Waals surface area (Å²) in [7, 11) is 1.73. The number of H-pyrrole nitrogens is 1. The van der Waals surface area contributed by atoms with Crippen LogP contribution in [0, 0.1) is 10.7 Å². The van der Waals surface area contributed by atoms with Gasteiger partial charge in [0.25, 0.3) is 0 Å². The molecule has 1 aromatic carbocycles. The average molecular weight is 301 g/mol. The molecule has 1 atom stereocenters. The van der Waals surface area contributed by atoms with Crippen LogP contribution in [0.1, 0.15) is 19.9 Å². The molecule has 5 heteroatoms. The van der Waals surface area contributed by atoms with E-state index in [0.717, 1.165) is 26.7 Å². The molecule has 0 amide bonds. The zero-order chi connectivity index (χ0) is 15.0. The lowest BCUT2D eigenvalue weighted by Gasteiger charge is -2.23. The zero-order valence-corrected chi connectivity index (χ0v) is 13.3. The summed E-state index contributed by atoms with van der Waals surface area (Å²) < 4.78 is 8.31. The van der Waals surface area contributed by atoms with Gasteiger partial charge in [0.2, 0.25) is 0 Å². The van der Waals surface area contributed by atoms with Crippen LogP contribution < -0.4 is 0 Å². The summed E-state index contributed by atoms with van der Waals surface area (Å²) in [4.78, 5) is 7.76. The number of aromatic nitrogens is 3. The van der Waals surface area contributed by atoms with Crippen molar-refractivity contribution in [3.05, 3.63) is 35.2 Å². The molecular weight excluding hydrogens is 282 g/mol. The highest BCUT2D eigenvalue weighted by Gasteiger charge is 2.20. The fraction of sp³-hybridized carbons (Fsp3) is 0.375. The Morgan fingerprint density at radius 1 is 1.33 bits per heavy atom. The van der Waals surface area contributed by atoms with Crippen LogP contribution in [0.3, 0.4) is 0 Å². The molecule has 0 saturated heterocycles. The molecule has 0 aliphatic rings. The second kappa shape index (κ2) is 5.58. The number of imidazole rings is 1. The van der Waals surface area contributed by atoms with Gasteiger partial charge in [-0.25, -0.2) is 0 Å². The van der Waals surface area contributed by atoms with E-state index in [1.807, 2.05) is 24.4 Å². The number of nitrogens with zero attached hydrogens (tertiary/aromatic N) is 2. The van der Waals surface area contributed by atoms with Gasteiger partial charge in [0.1, 0.15) is 0 Å². The molecule has 2 heterocycles. The second-order valence-corrected chi connectivity index (χ2v) is 5.99. The largest absolute Gasteiger partial charge is 0.383 e. The van der Waals surface area contributed by atoms with E-state index < -0.39 is 0 Å². The minimum absolute atomic E-state index is 0.196. The normalized spacial score (nSPS) is 13.3. The van der Waals surface area contributed by atoms with Crippen LogP contribution in [0.5, 0.6) is 0 Å². The number of rotatable bonds is 4. The number of pyridine rings is 1. The van der Waals surface area contributed by atoms with Crippen LogP contribution in [0.2, 0.25) is 0 Å². The van der Waals surface area contributed by atoms with E-state index in [1.54, 1.807) is 7.11 Å². The minimum atomic E-state index is 0.196. The number of nitrogens with one attached hydrogen (secondary N) is 1. The van der Waals surface area contributed by atoms with E-state index in [-0.39, 0.29) is 6.04 Å². The zero-order valence-electron chi connectivity index (χ0n) is 12.5. The maximum atomic E-state index is 5.55. The fourth-order valence-corrected chi connectivity index (χ4v) is 3.14. The van der Waals surface area contributed by atoms with Crippen molar-refractivity contribution in [1.29, 1.82) is 0 Å². The van der Waals surface area contributed by atoms with Crippen molar-refractivity contribution >= 4 is 34.2 Å². The Kier molecular flexibility index (Phi) is 3.78. The number of fused-ring (bicyclic) bond motifs is 3. The molecule has 0 aliphatic heterocycles. The van der Waals surface area contributed by atoms with Crippen molar-refractivity contribution in [3.63, 3.8) is 0 Å². The number of hydrogen-bond acceptors (Lipinski definition) is 3. The standard InChI is InChI=1S/C16H19N3OS/c1-10(2)14(9-20-3)19-15-11-6-4-5-7-12(11)17-8-13(15)18-16(19)21/h4-8,10,14H,9H2,1-3H3,(H,18,21). The van der Waals surface area contributed by atoms with Crippen molar-refractivity contribution in [2.24, 2.45) is 5.92 Å². The highest BCUT2D eigenvalue weighted by Crippen LogP contribution is 2.29. The predicted octanol–water partition coefficient (Wildman–Crippen LogP) is 4.09. The SMILES string of the molecule is COCC(C(C)C)n1c(=S)[nH]c2cnc3ccccc3c21. The van der Waals surface area contributed by atoms with E-state index in [0.29, 0.717) is 12.5 Å². The molecule has 0 aliphatic carbocycles. The average Bonchev–Trinajstić information content (AvgIpc) is 2.81. The molecule has 1 N–H and O–H groups in total. The van der Waals surface area contributed by atoms with Crippen LogP contribution in [0.15, 0.2) is 30.5 Å². The van der Waals surface area contributed by atoms with Crippen LogP contribution >= 0.6 is 12.2 Å². The van der Waals surface area contributed by atoms with E-state index in [9.17, 15) is 0 Å². The molecule has 0 fully saturated rings. The molecule has 2 aromatic heterocycles. The van der Waals surface area contributed by atoms with Gasteiger partial charge in [-0.3, -0.25) is 4.98 Å². The van der Waals surface area contributed by atoms with Gasteiger partial charge in [-0.05, 0) is 24.2 Å². The third-order valence-corrected chi connectivity index (χ3v) is 4.19. The summed E-state index contributed by atoms with van der Waals surface area (Å²) >= 11 is 5.55. The number of hydrogen-bond donors (Lipinski definition) is 1. The van der Waals surface area contributed by atoms with E-state index in [2.05, 4.69) is 34.4 Å². The van der Waals surface area contributed by atoms with Gasteiger partial charge < -0.3 is 14.3 Å². The lowest BCUT2D eigenvalue weighted by molar-refractivity contribution is 0.134. The summed E-state index contributed by atoms with van der Waals surface area (Å²) in [5.41, 5.74) is 3.06. The Morgan fingerprint density at radius 3 is 2.81 bits per heavy atom.